The van der Waals surface area contributed by atoms with E-state index in [1.807, 2.05) is 31.3 Å². The molecule has 0 saturated carbocycles. The summed E-state index contributed by atoms with van der Waals surface area (Å²) in [5.74, 6) is 0.156. The van der Waals surface area contributed by atoms with Crippen LogP contribution in [0.3, 0.4) is 0 Å². The molecule has 3 nitrogen and oxygen atoms in total. The van der Waals surface area contributed by atoms with E-state index in [1.165, 1.54) is 5.56 Å². The first-order valence-electron chi connectivity index (χ1n) is 5.25. The van der Waals surface area contributed by atoms with Gasteiger partial charge in [0.15, 0.2) is 0 Å². The van der Waals surface area contributed by atoms with E-state index in [1.54, 1.807) is 17.8 Å². The first kappa shape index (κ1) is 10.6. The van der Waals surface area contributed by atoms with Crippen molar-refractivity contribution in [3.8, 4) is 5.69 Å². The Morgan fingerprint density at radius 1 is 1.44 bits per heavy atom. The van der Waals surface area contributed by atoms with Crippen LogP contribution in [-0.2, 0) is 11.2 Å². The number of hydrogen-bond acceptors (Lipinski definition) is 2. The van der Waals surface area contributed by atoms with Gasteiger partial charge in [0.1, 0.15) is 5.78 Å². The zero-order valence-electron chi connectivity index (χ0n) is 9.47. The summed E-state index contributed by atoms with van der Waals surface area (Å²) < 4.78 is 1.80. The molecule has 0 aliphatic heterocycles. The van der Waals surface area contributed by atoms with Gasteiger partial charge in [-0.25, -0.2) is 4.68 Å². The third-order valence-electron chi connectivity index (χ3n) is 2.36. The minimum Gasteiger partial charge on any atom is -0.300 e. The molecule has 16 heavy (non-hydrogen) atoms. The van der Waals surface area contributed by atoms with Crippen LogP contribution in [0.2, 0.25) is 0 Å². The number of hydrogen-bond donors (Lipinski definition) is 0. The molecule has 2 rings (SSSR count). The van der Waals surface area contributed by atoms with E-state index in [-0.39, 0.29) is 5.78 Å². The van der Waals surface area contributed by atoms with Crippen molar-refractivity contribution in [2.24, 2.45) is 0 Å². The second-order valence-electron chi connectivity index (χ2n) is 4.01. The highest BCUT2D eigenvalue weighted by molar-refractivity contribution is 5.78. The predicted octanol–water partition coefficient (Wildman–Crippen LogP) is 2.31. The van der Waals surface area contributed by atoms with Gasteiger partial charge in [0.05, 0.1) is 11.9 Å². The average Bonchev–Trinajstić information content (AvgIpc) is 2.65. The molecule has 0 radical (unpaired) electrons. The number of nitrogens with zero attached hydrogens (tertiary/aromatic N) is 2. The van der Waals surface area contributed by atoms with Gasteiger partial charge in [-0.05, 0) is 37.1 Å². The van der Waals surface area contributed by atoms with E-state index >= 15 is 0 Å². The SMILES string of the molecule is CC(=O)Cc1cnn(-c2cccc(C)c2)c1. The molecule has 3 heteroatoms. The monoisotopic (exact) mass is 214 g/mol. The Morgan fingerprint density at radius 2 is 2.25 bits per heavy atom. The Balaban J connectivity index is 2.28. The third-order valence-corrected chi connectivity index (χ3v) is 2.36. The van der Waals surface area contributed by atoms with Crippen molar-refractivity contribution < 1.29 is 4.79 Å². The zero-order chi connectivity index (χ0) is 11.5. The van der Waals surface area contributed by atoms with Gasteiger partial charge in [0, 0.05) is 12.6 Å². The van der Waals surface area contributed by atoms with Crippen LogP contribution in [0, 0.1) is 6.92 Å². The molecule has 0 atom stereocenters. The fraction of sp³-hybridized carbons (Fsp3) is 0.231. The average molecular weight is 214 g/mol. The van der Waals surface area contributed by atoms with Crippen LogP contribution < -0.4 is 0 Å². The molecule has 1 aromatic carbocycles. The maximum atomic E-state index is 11.0. The van der Waals surface area contributed by atoms with Crippen molar-refractivity contribution in [1.82, 2.24) is 9.78 Å². The molecule has 1 aromatic heterocycles. The van der Waals surface area contributed by atoms with Crippen molar-refractivity contribution >= 4 is 5.78 Å². The van der Waals surface area contributed by atoms with Crippen molar-refractivity contribution in [3.63, 3.8) is 0 Å². The second-order valence-corrected chi connectivity index (χ2v) is 4.01. The minimum absolute atomic E-state index is 0.156. The Bertz CT molecular complexity index is 514. The predicted molar refractivity (Wildman–Crippen MR) is 62.7 cm³/mol. The van der Waals surface area contributed by atoms with Gasteiger partial charge < -0.3 is 0 Å². The Kier molecular flexibility index (Phi) is 2.86. The van der Waals surface area contributed by atoms with E-state index in [0.717, 1.165) is 11.3 Å². The normalized spacial score (nSPS) is 10.4. The molecule has 0 aliphatic carbocycles. The number of benzene rings is 1. The van der Waals surface area contributed by atoms with Crippen molar-refractivity contribution in [1.29, 1.82) is 0 Å². The lowest BCUT2D eigenvalue weighted by atomic mass is 10.2. The van der Waals surface area contributed by atoms with E-state index in [9.17, 15) is 4.79 Å². The summed E-state index contributed by atoms with van der Waals surface area (Å²) in [6.45, 7) is 3.63. The van der Waals surface area contributed by atoms with Gasteiger partial charge in [-0.1, -0.05) is 12.1 Å². The smallest absolute Gasteiger partial charge is 0.134 e. The lowest BCUT2D eigenvalue weighted by Crippen LogP contribution is -1.96. The first-order chi connectivity index (χ1) is 7.65. The lowest BCUT2D eigenvalue weighted by molar-refractivity contribution is -0.116. The Labute approximate surface area is 94.7 Å². The number of carbonyl (C=O) groups excluding carboxylic acids is 1. The van der Waals surface area contributed by atoms with Crippen molar-refractivity contribution in [2.75, 3.05) is 0 Å². The summed E-state index contributed by atoms with van der Waals surface area (Å²) in [7, 11) is 0. The Morgan fingerprint density at radius 3 is 2.94 bits per heavy atom. The molecule has 0 fully saturated rings. The number of Topliss-reactive ketones (excluding diaryl/α,β-unsaturated/α-hetero) is 1. The zero-order valence-corrected chi connectivity index (χ0v) is 9.47. The number of rotatable bonds is 3. The van der Waals surface area contributed by atoms with Crippen LogP contribution in [0.1, 0.15) is 18.1 Å². The van der Waals surface area contributed by atoms with Gasteiger partial charge in [-0.15, -0.1) is 0 Å². The molecule has 0 amide bonds. The summed E-state index contributed by atoms with van der Waals surface area (Å²) in [6.07, 6.45) is 4.09. The summed E-state index contributed by atoms with van der Waals surface area (Å²) in [5, 5.41) is 4.25. The molecule has 0 aliphatic rings. The van der Waals surface area contributed by atoms with Crippen molar-refractivity contribution in [2.45, 2.75) is 20.3 Å². The molecule has 2 aromatic rings. The molecule has 82 valence electrons. The fourth-order valence-electron chi connectivity index (χ4n) is 1.65. The van der Waals surface area contributed by atoms with Crippen LogP contribution in [0.4, 0.5) is 0 Å². The summed E-state index contributed by atoms with van der Waals surface area (Å²) in [6, 6.07) is 8.10. The van der Waals surface area contributed by atoms with Crippen LogP contribution in [0.25, 0.3) is 5.69 Å². The van der Waals surface area contributed by atoms with E-state index in [4.69, 9.17) is 0 Å². The number of carbonyl (C=O) groups is 1. The standard InChI is InChI=1S/C13H14N2O/c1-10-4-3-5-13(6-10)15-9-12(8-14-15)7-11(2)16/h3-6,8-9H,7H2,1-2H3. The summed E-state index contributed by atoms with van der Waals surface area (Å²) in [5.41, 5.74) is 3.17. The fourth-order valence-corrected chi connectivity index (χ4v) is 1.65. The maximum Gasteiger partial charge on any atom is 0.134 e. The van der Waals surface area contributed by atoms with Gasteiger partial charge in [-0.3, -0.25) is 4.79 Å². The van der Waals surface area contributed by atoms with Gasteiger partial charge >= 0.3 is 0 Å². The van der Waals surface area contributed by atoms with Crippen molar-refractivity contribution in [3.05, 3.63) is 47.8 Å². The third kappa shape index (κ3) is 2.37. The number of aryl methyl sites for hydroxylation is 1. The molecule has 0 bridgehead atoms. The minimum atomic E-state index is 0.156. The van der Waals surface area contributed by atoms with Crippen LogP contribution in [0.5, 0.6) is 0 Å². The maximum absolute atomic E-state index is 11.0. The highest BCUT2D eigenvalue weighted by Crippen LogP contribution is 2.10. The highest BCUT2D eigenvalue weighted by atomic mass is 16.1. The van der Waals surface area contributed by atoms with Crippen LogP contribution in [-0.4, -0.2) is 15.6 Å². The van der Waals surface area contributed by atoms with E-state index in [2.05, 4.69) is 11.2 Å². The summed E-state index contributed by atoms with van der Waals surface area (Å²) in [4.78, 5) is 11.0. The quantitative estimate of drug-likeness (QED) is 0.785. The molecule has 0 N–H and O–H groups in total. The lowest BCUT2D eigenvalue weighted by Gasteiger charge is -2.01. The number of aromatic nitrogens is 2. The second kappa shape index (κ2) is 4.31. The van der Waals surface area contributed by atoms with Gasteiger partial charge in [0.25, 0.3) is 0 Å². The van der Waals surface area contributed by atoms with E-state index in [0.29, 0.717) is 6.42 Å². The topological polar surface area (TPSA) is 34.9 Å². The number of ketones is 1. The summed E-state index contributed by atoms with van der Waals surface area (Å²) >= 11 is 0. The van der Waals surface area contributed by atoms with Crippen LogP contribution in [0.15, 0.2) is 36.7 Å². The first-order valence-corrected chi connectivity index (χ1v) is 5.25. The molecular formula is C13H14N2O. The highest BCUT2D eigenvalue weighted by Gasteiger charge is 2.03. The molecule has 0 saturated heterocycles. The molecule has 0 unspecified atom stereocenters. The molecular weight excluding hydrogens is 200 g/mol. The van der Waals surface area contributed by atoms with E-state index < -0.39 is 0 Å². The van der Waals surface area contributed by atoms with Crippen LogP contribution >= 0.6 is 0 Å². The largest absolute Gasteiger partial charge is 0.300 e. The Hall–Kier alpha value is -1.90. The molecule has 1 heterocycles. The van der Waals surface area contributed by atoms with Gasteiger partial charge in [-0.2, -0.15) is 5.10 Å². The van der Waals surface area contributed by atoms with Gasteiger partial charge in [0.2, 0.25) is 0 Å². The molecule has 0 spiro atoms.